The van der Waals surface area contributed by atoms with Crippen LogP contribution in [0.4, 0.5) is 18.9 Å². The van der Waals surface area contributed by atoms with E-state index in [2.05, 4.69) is 10.4 Å². The maximum atomic E-state index is 13.5. The van der Waals surface area contributed by atoms with Gasteiger partial charge in [0.15, 0.2) is 11.6 Å². The van der Waals surface area contributed by atoms with Gasteiger partial charge in [-0.3, -0.25) is 4.68 Å². The van der Waals surface area contributed by atoms with Gasteiger partial charge in [-0.15, -0.1) is 0 Å². The highest BCUT2D eigenvalue weighted by Gasteiger charge is 2.15. The largest absolute Gasteiger partial charge is 0.374 e. The molecule has 1 aromatic heterocycles. The predicted molar refractivity (Wildman–Crippen MR) is 61.6 cm³/mol. The zero-order valence-electron chi connectivity index (χ0n) is 9.92. The van der Waals surface area contributed by atoms with E-state index in [9.17, 15) is 13.2 Å². The summed E-state index contributed by atoms with van der Waals surface area (Å²) >= 11 is 0. The number of hydrogen-bond acceptors (Lipinski definition) is 2. The minimum absolute atomic E-state index is 0.207. The highest BCUT2D eigenvalue weighted by atomic mass is 19.2. The number of anilines is 1. The van der Waals surface area contributed by atoms with Crippen molar-refractivity contribution in [3.05, 3.63) is 47.5 Å². The lowest BCUT2D eigenvalue weighted by molar-refractivity contribution is 0.496. The van der Waals surface area contributed by atoms with E-state index < -0.39 is 17.5 Å². The molecule has 0 saturated heterocycles. The molecule has 0 fully saturated rings. The number of nitrogens with one attached hydrogen (secondary N) is 1. The monoisotopic (exact) mass is 255 g/mol. The third kappa shape index (κ3) is 2.32. The Morgan fingerprint density at radius 2 is 2.00 bits per heavy atom. The van der Waals surface area contributed by atoms with E-state index in [0.717, 1.165) is 11.8 Å². The molecule has 0 spiro atoms. The summed E-state index contributed by atoms with van der Waals surface area (Å²) in [4.78, 5) is 0. The Labute approximate surface area is 102 Å². The Morgan fingerprint density at radius 3 is 2.61 bits per heavy atom. The Hall–Kier alpha value is -1.98. The SMILES string of the molecule is CC(Nc1cc(F)cc(F)c1F)c1ccnn1C. The third-order valence-corrected chi connectivity index (χ3v) is 2.67. The van der Waals surface area contributed by atoms with Gasteiger partial charge in [0.05, 0.1) is 17.4 Å². The Morgan fingerprint density at radius 1 is 1.28 bits per heavy atom. The maximum Gasteiger partial charge on any atom is 0.182 e. The van der Waals surface area contributed by atoms with Crippen LogP contribution in [-0.4, -0.2) is 9.78 Å². The molecule has 0 aliphatic carbocycles. The molecule has 96 valence electrons. The van der Waals surface area contributed by atoms with E-state index in [-0.39, 0.29) is 11.7 Å². The summed E-state index contributed by atoms with van der Waals surface area (Å²) in [5.74, 6) is -3.13. The van der Waals surface area contributed by atoms with E-state index in [4.69, 9.17) is 0 Å². The van der Waals surface area contributed by atoms with Gasteiger partial charge < -0.3 is 5.32 Å². The number of halogens is 3. The van der Waals surface area contributed by atoms with Crippen LogP contribution in [0.1, 0.15) is 18.7 Å². The molecule has 0 amide bonds. The number of rotatable bonds is 3. The van der Waals surface area contributed by atoms with Crippen LogP contribution in [0.15, 0.2) is 24.4 Å². The second-order valence-corrected chi connectivity index (χ2v) is 3.99. The zero-order valence-corrected chi connectivity index (χ0v) is 9.92. The standard InChI is InChI=1S/C12H12F3N3/c1-7(11-3-4-16-18(11)2)17-10-6-8(13)5-9(14)12(10)15/h3-7,17H,1-2H3. The van der Waals surface area contributed by atoms with Gasteiger partial charge in [0.2, 0.25) is 0 Å². The molecule has 2 aromatic rings. The van der Waals surface area contributed by atoms with E-state index in [0.29, 0.717) is 6.07 Å². The van der Waals surface area contributed by atoms with Crippen molar-refractivity contribution < 1.29 is 13.2 Å². The van der Waals surface area contributed by atoms with Crippen LogP contribution in [0.3, 0.4) is 0 Å². The average molecular weight is 255 g/mol. The fourth-order valence-corrected chi connectivity index (χ4v) is 1.78. The smallest absolute Gasteiger partial charge is 0.182 e. The first-order valence-corrected chi connectivity index (χ1v) is 5.38. The first-order valence-electron chi connectivity index (χ1n) is 5.38. The molecule has 0 aliphatic rings. The Balaban J connectivity index is 2.27. The van der Waals surface area contributed by atoms with Gasteiger partial charge in [-0.05, 0) is 13.0 Å². The van der Waals surface area contributed by atoms with Crippen LogP contribution in [0.5, 0.6) is 0 Å². The van der Waals surface area contributed by atoms with Gasteiger partial charge in [-0.1, -0.05) is 0 Å². The van der Waals surface area contributed by atoms with Crippen LogP contribution >= 0.6 is 0 Å². The maximum absolute atomic E-state index is 13.5. The van der Waals surface area contributed by atoms with Crippen molar-refractivity contribution >= 4 is 5.69 Å². The van der Waals surface area contributed by atoms with Crippen LogP contribution in [-0.2, 0) is 7.05 Å². The average Bonchev–Trinajstić information content (AvgIpc) is 2.71. The fraction of sp³-hybridized carbons (Fsp3) is 0.250. The molecule has 0 bridgehead atoms. The van der Waals surface area contributed by atoms with Crippen molar-refractivity contribution in [1.82, 2.24) is 9.78 Å². The van der Waals surface area contributed by atoms with E-state index in [1.807, 2.05) is 0 Å². The van der Waals surface area contributed by atoms with E-state index in [1.165, 1.54) is 0 Å². The van der Waals surface area contributed by atoms with Gasteiger partial charge in [0.25, 0.3) is 0 Å². The molecule has 0 radical (unpaired) electrons. The molecule has 1 heterocycles. The number of aromatic nitrogens is 2. The molecule has 1 aromatic carbocycles. The molecular formula is C12H12F3N3. The molecule has 6 heteroatoms. The van der Waals surface area contributed by atoms with E-state index in [1.54, 1.807) is 30.9 Å². The normalized spacial score (nSPS) is 12.5. The highest BCUT2D eigenvalue weighted by Crippen LogP contribution is 2.24. The number of nitrogens with zero attached hydrogens (tertiary/aromatic N) is 2. The van der Waals surface area contributed by atoms with Crippen molar-refractivity contribution in [3.63, 3.8) is 0 Å². The highest BCUT2D eigenvalue weighted by molar-refractivity contribution is 5.47. The van der Waals surface area contributed by atoms with Crippen molar-refractivity contribution in [2.24, 2.45) is 7.05 Å². The number of aryl methyl sites for hydroxylation is 1. The van der Waals surface area contributed by atoms with Crippen molar-refractivity contribution in [3.8, 4) is 0 Å². The first kappa shape index (κ1) is 12.5. The van der Waals surface area contributed by atoms with Crippen molar-refractivity contribution in [1.29, 1.82) is 0 Å². The van der Waals surface area contributed by atoms with Crippen molar-refractivity contribution in [2.75, 3.05) is 5.32 Å². The summed E-state index contributed by atoms with van der Waals surface area (Å²) in [6, 6.07) is 2.85. The minimum atomic E-state index is -1.21. The third-order valence-electron chi connectivity index (χ3n) is 2.67. The lowest BCUT2D eigenvalue weighted by Crippen LogP contribution is -2.13. The molecule has 3 nitrogen and oxygen atoms in total. The topological polar surface area (TPSA) is 29.9 Å². The van der Waals surface area contributed by atoms with Gasteiger partial charge in [0, 0.05) is 25.4 Å². The van der Waals surface area contributed by atoms with Crippen LogP contribution < -0.4 is 5.32 Å². The molecule has 0 saturated carbocycles. The van der Waals surface area contributed by atoms with Gasteiger partial charge in [-0.25, -0.2) is 13.2 Å². The lowest BCUT2D eigenvalue weighted by Gasteiger charge is -2.16. The Bertz CT molecular complexity index is 566. The minimum Gasteiger partial charge on any atom is -0.374 e. The van der Waals surface area contributed by atoms with Gasteiger partial charge in [0.1, 0.15) is 5.82 Å². The summed E-state index contributed by atoms with van der Waals surface area (Å²) in [5, 5.41) is 6.69. The second kappa shape index (κ2) is 4.72. The first-order chi connectivity index (χ1) is 8.49. The van der Waals surface area contributed by atoms with Crippen LogP contribution in [0.2, 0.25) is 0 Å². The summed E-state index contributed by atoms with van der Waals surface area (Å²) in [5.41, 5.74) is 0.570. The molecule has 1 unspecified atom stereocenters. The molecule has 18 heavy (non-hydrogen) atoms. The zero-order chi connectivity index (χ0) is 13.3. The molecule has 1 atom stereocenters. The molecule has 1 N–H and O–H groups in total. The van der Waals surface area contributed by atoms with Crippen LogP contribution in [0, 0.1) is 17.5 Å². The predicted octanol–water partition coefficient (Wildman–Crippen LogP) is 3.01. The van der Waals surface area contributed by atoms with Gasteiger partial charge >= 0.3 is 0 Å². The van der Waals surface area contributed by atoms with Gasteiger partial charge in [-0.2, -0.15) is 5.10 Å². The summed E-state index contributed by atoms with van der Waals surface area (Å²) < 4.78 is 41.1. The molecular weight excluding hydrogens is 243 g/mol. The number of benzene rings is 1. The summed E-state index contributed by atoms with van der Waals surface area (Å²) in [6.07, 6.45) is 1.59. The Kier molecular flexibility index (Phi) is 3.27. The lowest BCUT2D eigenvalue weighted by atomic mass is 10.2. The van der Waals surface area contributed by atoms with E-state index >= 15 is 0 Å². The molecule has 2 rings (SSSR count). The van der Waals surface area contributed by atoms with Crippen LogP contribution in [0.25, 0.3) is 0 Å². The number of hydrogen-bond donors (Lipinski definition) is 1. The van der Waals surface area contributed by atoms with Crippen molar-refractivity contribution in [2.45, 2.75) is 13.0 Å². The summed E-state index contributed by atoms with van der Waals surface area (Å²) in [7, 11) is 1.73. The fourth-order valence-electron chi connectivity index (χ4n) is 1.78. The second-order valence-electron chi connectivity index (χ2n) is 3.99. The summed E-state index contributed by atoms with van der Waals surface area (Å²) in [6.45, 7) is 1.75. The quantitative estimate of drug-likeness (QED) is 0.854. The molecule has 0 aliphatic heterocycles.